The summed E-state index contributed by atoms with van der Waals surface area (Å²) in [6.07, 6.45) is 7.15. The van der Waals surface area contributed by atoms with Gasteiger partial charge in [0.2, 0.25) is 0 Å². The molecule has 2 unspecified atom stereocenters. The van der Waals surface area contributed by atoms with E-state index in [0.717, 1.165) is 31.6 Å². The van der Waals surface area contributed by atoms with E-state index in [4.69, 9.17) is 10.5 Å². The van der Waals surface area contributed by atoms with Gasteiger partial charge < -0.3 is 10.5 Å². The number of benzene rings is 1. The molecule has 0 aliphatic carbocycles. The number of ether oxygens (including phenoxy) is 1. The summed E-state index contributed by atoms with van der Waals surface area (Å²) < 4.78 is 5.69. The normalized spacial score (nSPS) is 20.0. The van der Waals surface area contributed by atoms with Gasteiger partial charge in [-0.2, -0.15) is 0 Å². The zero-order chi connectivity index (χ0) is 12.8. The van der Waals surface area contributed by atoms with Crippen LogP contribution in [0.2, 0.25) is 0 Å². The fourth-order valence-corrected chi connectivity index (χ4v) is 2.86. The Labute approximate surface area is 111 Å². The summed E-state index contributed by atoms with van der Waals surface area (Å²) in [6.45, 7) is 3.07. The Morgan fingerprint density at radius 1 is 1.33 bits per heavy atom. The molecule has 18 heavy (non-hydrogen) atoms. The van der Waals surface area contributed by atoms with Crippen LogP contribution in [0.4, 0.5) is 0 Å². The average Bonchev–Trinajstić information content (AvgIpc) is 2.39. The molecule has 2 N–H and O–H groups in total. The van der Waals surface area contributed by atoms with Gasteiger partial charge in [0.25, 0.3) is 0 Å². The molecule has 0 saturated carbocycles. The second-order valence-corrected chi connectivity index (χ2v) is 5.35. The smallest absolute Gasteiger partial charge is 0.122 e. The van der Waals surface area contributed by atoms with Crippen molar-refractivity contribution >= 4 is 0 Å². The Morgan fingerprint density at radius 3 is 3.00 bits per heavy atom. The second kappa shape index (κ2) is 6.79. The van der Waals surface area contributed by atoms with Crippen LogP contribution in [0.3, 0.4) is 0 Å². The van der Waals surface area contributed by atoms with E-state index < -0.39 is 0 Å². The SMILES string of the molecule is CCCC(N)CCCC1CCOc2ccccc21. The molecule has 2 rings (SSSR count). The van der Waals surface area contributed by atoms with Crippen molar-refractivity contribution in [1.29, 1.82) is 0 Å². The largest absolute Gasteiger partial charge is 0.493 e. The molecular formula is C16H25NO. The molecule has 1 heterocycles. The molecule has 0 saturated heterocycles. The van der Waals surface area contributed by atoms with Crippen LogP contribution in [0.5, 0.6) is 5.75 Å². The first-order valence-corrected chi connectivity index (χ1v) is 7.28. The minimum Gasteiger partial charge on any atom is -0.493 e. The number of fused-ring (bicyclic) bond motifs is 1. The third-order valence-electron chi connectivity index (χ3n) is 3.87. The first-order chi connectivity index (χ1) is 8.81. The molecule has 1 aliphatic heterocycles. The third-order valence-corrected chi connectivity index (χ3v) is 3.87. The monoisotopic (exact) mass is 247 g/mol. The molecule has 2 heteroatoms. The van der Waals surface area contributed by atoms with Crippen LogP contribution in [0.25, 0.3) is 0 Å². The fraction of sp³-hybridized carbons (Fsp3) is 0.625. The van der Waals surface area contributed by atoms with Gasteiger partial charge in [-0.3, -0.25) is 0 Å². The van der Waals surface area contributed by atoms with Gasteiger partial charge in [0, 0.05) is 6.04 Å². The number of hydrogen-bond donors (Lipinski definition) is 1. The van der Waals surface area contributed by atoms with E-state index in [2.05, 4.69) is 31.2 Å². The summed E-state index contributed by atoms with van der Waals surface area (Å²) in [7, 11) is 0. The topological polar surface area (TPSA) is 35.2 Å². The maximum absolute atomic E-state index is 6.07. The summed E-state index contributed by atoms with van der Waals surface area (Å²) in [6, 6.07) is 8.86. The lowest BCUT2D eigenvalue weighted by atomic mass is 9.88. The van der Waals surface area contributed by atoms with Crippen LogP contribution < -0.4 is 10.5 Å². The van der Waals surface area contributed by atoms with Gasteiger partial charge in [-0.05, 0) is 43.2 Å². The van der Waals surface area contributed by atoms with E-state index in [9.17, 15) is 0 Å². The summed E-state index contributed by atoms with van der Waals surface area (Å²) >= 11 is 0. The van der Waals surface area contributed by atoms with Crippen molar-refractivity contribution in [2.45, 2.75) is 57.4 Å². The van der Waals surface area contributed by atoms with Gasteiger partial charge in [-0.1, -0.05) is 38.0 Å². The molecule has 1 aromatic rings. The average molecular weight is 247 g/mol. The minimum absolute atomic E-state index is 0.394. The third kappa shape index (κ3) is 3.49. The fourth-order valence-electron chi connectivity index (χ4n) is 2.86. The minimum atomic E-state index is 0.394. The van der Waals surface area contributed by atoms with Crippen molar-refractivity contribution < 1.29 is 4.74 Å². The van der Waals surface area contributed by atoms with Gasteiger partial charge in [-0.15, -0.1) is 0 Å². The second-order valence-electron chi connectivity index (χ2n) is 5.35. The highest BCUT2D eigenvalue weighted by Gasteiger charge is 2.20. The molecule has 0 fully saturated rings. The maximum Gasteiger partial charge on any atom is 0.122 e. The highest BCUT2D eigenvalue weighted by molar-refractivity contribution is 5.37. The molecule has 1 aliphatic rings. The van der Waals surface area contributed by atoms with Crippen LogP contribution in [-0.4, -0.2) is 12.6 Å². The molecule has 0 amide bonds. The summed E-state index contributed by atoms with van der Waals surface area (Å²) in [5.41, 5.74) is 7.47. The summed E-state index contributed by atoms with van der Waals surface area (Å²) in [5, 5.41) is 0. The highest BCUT2D eigenvalue weighted by Crippen LogP contribution is 2.36. The standard InChI is InChI=1S/C16H25NO/c1-2-6-14(17)8-5-7-13-11-12-18-16-10-4-3-9-15(13)16/h3-4,9-10,13-14H,2,5-8,11-12,17H2,1H3. The molecule has 1 aromatic carbocycles. The Hall–Kier alpha value is -1.02. The number of para-hydroxylation sites is 1. The van der Waals surface area contributed by atoms with E-state index in [1.807, 2.05) is 0 Å². The highest BCUT2D eigenvalue weighted by atomic mass is 16.5. The lowest BCUT2D eigenvalue weighted by Gasteiger charge is -2.26. The summed E-state index contributed by atoms with van der Waals surface area (Å²) in [5.74, 6) is 1.76. The number of hydrogen-bond acceptors (Lipinski definition) is 2. The quantitative estimate of drug-likeness (QED) is 0.828. The Kier molecular flexibility index (Phi) is 5.06. The van der Waals surface area contributed by atoms with Crippen molar-refractivity contribution in [2.75, 3.05) is 6.61 Å². The first-order valence-electron chi connectivity index (χ1n) is 7.28. The van der Waals surface area contributed by atoms with E-state index >= 15 is 0 Å². The molecule has 0 bridgehead atoms. The first kappa shape index (κ1) is 13.4. The molecular weight excluding hydrogens is 222 g/mol. The van der Waals surface area contributed by atoms with Crippen molar-refractivity contribution in [3.63, 3.8) is 0 Å². The molecule has 2 atom stereocenters. The van der Waals surface area contributed by atoms with Crippen LogP contribution in [-0.2, 0) is 0 Å². The number of nitrogens with two attached hydrogens (primary N) is 1. The van der Waals surface area contributed by atoms with Gasteiger partial charge in [-0.25, -0.2) is 0 Å². The maximum atomic E-state index is 6.07. The van der Waals surface area contributed by atoms with Crippen LogP contribution in [0.15, 0.2) is 24.3 Å². The zero-order valence-corrected chi connectivity index (χ0v) is 11.4. The van der Waals surface area contributed by atoms with Crippen molar-refractivity contribution in [3.8, 4) is 5.75 Å². The van der Waals surface area contributed by atoms with E-state index in [1.54, 1.807) is 0 Å². The van der Waals surface area contributed by atoms with Crippen molar-refractivity contribution in [2.24, 2.45) is 5.73 Å². The molecule has 0 radical (unpaired) electrons. The predicted octanol–water partition coefficient (Wildman–Crippen LogP) is 3.85. The lowest BCUT2D eigenvalue weighted by molar-refractivity contribution is 0.260. The van der Waals surface area contributed by atoms with Crippen LogP contribution >= 0.6 is 0 Å². The van der Waals surface area contributed by atoms with Gasteiger partial charge in [0.05, 0.1) is 6.61 Å². The van der Waals surface area contributed by atoms with Crippen molar-refractivity contribution in [3.05, 3.63) is 29.8 Å². The van der Waals surface area contributed by atoms with E-state index in [-0.39, 0.29) is 0 Å². The van der Waals surface area contributed by atoms with Gasteiger partial charge >= 0.3 is 0 Å². The zero-order valence-electron chi connectivity index (χ0n) is 11.4. The lowest BCUT2D eigenvalue weighted by Crippen LogP contribution is -2.20. The van der Waals surface area contributed by atoms with Gasteiger partial charge in [0.15, 0.2) is 0 Å². The Balaban J connectivity index is 1.84. The van der Waals surface area contributed by atoms with E-state index in [0.29, 0.717) is 12.0 Å². The van der Waals surface area contributed by atoms with Crippen LogP contribution in [0.1, 0.15) is 56.9 Å². The van der Waals surface area contributed by atoms with E-state index in [1.165, 1.54) is 24.8 Å². The summed E-state index contributed by atoms with van der Waals surface area (Å²) in [4.78, 5) is 0. The molecule has 2 nitrogen and oxygen atoms in total. The van der Waals surface area contributed by atoms with Gasteiger partial charge in [0.1, 0.15) is 5.75 Å². The molecule has 0 spiro atoms. The Bertz CT molecular complexity index is 364. The van der Waals surface area contributed by atoms with Crippen LogP contribution in [0, 0.1) is 0 Å². The van der Waals surface area contributed by atoms with Crippen molar-refractivity contribution in [1.82, 2.24) is 0 Å². The molecule has 100 valence electrons. The predicted molar refractivity (Wildman–Crippen MR) is 76.0 cm³/mol. The number of rotatable bonds is 6. The molecule has 0 aromatic heterocycles. The Morgan fingerprint density at radius 2 is 2.17 bits per heavy atom.